The van der Waals surface area contributed by atoms with Gasteiger partial charge in [-0.05, 0) is 89.2 Å². The molecule has 1 aliphatic heterocycles. The van der Waals surface area contributed by atoms with E-state index in [-0.39, 0.29) is 0 Å². The zero-order chi connectivity index (χ0) is 33.8. The van der Waals surface area contributed by atoms with E-state index < -0.39 is 0 Å². The monoisotopic (exact) mass is 658 g/mol. The predicted molar refractivity (Wildman–Crippen MR) is 217 cm³/mol. The molecule has 0 unspecified atom stereocenters. The maximum atomic E-state index is 6.49. The van der Waals surface area contributed by atoms with E-state index in [1.807, 2.05) is 17.8 Å². The van der Waals surface area contributed by atoms with Gasteiger partial charge in [0.15, 0.2) is 0 Å². The van der Waals surface area contributed by atoms with Crippen molar-refractivity contribution in [1.29, 1.82) is 0 Å². The second kappa shape index (κ2) is 12.2. The summed E-state index contributed by atoms with van der Waals surface area (Å²) < 4.78 is 6.49. The summed E-state index contributed by atoms with van der Waals surface area (Å²) in [6.45, 7) is 11.2. The molecule has 9 rings (SSSR count). The van der Waals surface area contributed by atoms with Crippen LogP contribution < -0.4 is 0 Å². The molecule has 0 bridgehead atoms. The lowest BCUT2D eigenvalue weighted by molar-refractivity contribution is 0.660. The number of benzene rings is 7. The summed E-state index contributed by atoms with van der Waals surface area (Å²) >= 11 is 1.83. The summed E-state index contributed by atoms with van der Waals surface area (Å²) in [5, 5.41) is 9.81. The lowest BCUT2D eigenvalue weighted by atomic mass is 9.86. The third-order valence-electron chi connectivity index (χ3n) is 10.0. The zero-order valence-electron chi connectivity index (χ0n) is 27.9. The van der Waals surface area contributed by atoms with Crippen molar-refractivity contribution >= 4 is 71.6 Å². The second-order valence-electron chi connectivity index (χ2n) is 13.0. The van der Waals surface area contributed by atoms with E-state index in [1.54, 1.807) is 0 Å². The molecule has 8 aromatic rings. The highest BCUT2D eigenvalue weighted by Crippen LogP contribution is 2.50. The van der Waals surface area contributed by atoms with Crippen molar-refractivity contribution in [3.63, 3.8) is 0 Å². The third kappa shape index (κ3) is 4.95. The molecule has 0 atom stereocenters. The van der Waals surface area contributed by atoms with Crippen LogP contribution >= 0.6 is 11.8 Å². The fourth-order valence-corrected chi connectivity index (χ4v) is 8.70. The van der Waals surface area contributed by atoms with Gasteiger partial charge in [-0.1, -0.05) is 171 Å². The molecule has 238 valence electrons. The molecule has 2 heteroatoms. The van der Waals surface area contributed by atoms with Crippen molar-refractivity contribution in [3.8, 4) is 11.1 Å². The normalized spacial score (nSPS) is 14.2. The number of allylic oxidation sites excluding steroid dienone is 8. The van der Waals surface area contributed by atoms with Crippen LogP contribution in [0.2, 0.25) is 0 Å². The first-order chi connectivity index (χ1) is 24.6. The molecule has 0 saturated carbocycles. The van der Waals surface area contributed by atoms with E-state index in [1.165, 1.54) is 69.6 Å². The molecule has 2 heterocycles. The highest BCUT2D eigenvalue weighted by Gasteiger charge is 2.26. The summed E-state index contributed by atoms with van der Waals surface area (Å²) in [6, 6.07) is 45.2. The summed E-state index contributed by atoms with van der Waals surface area (Å²) in [6.07, 6.45) is 9.55. The largest absolute Gasteiger partial charge is 0.455 e. The highest BCUT2D eigenvalue weighted by molar-refractivity contribution is 8.03. The predicted octanol–water partition coefficient (Wildman–Crippen LogP) is 14.0. The van der Waals surface area contributed by atoms with Crippen LogP contribution in [-0.2, 0) is 6.42 Å². The van der Waals surface area contributed by atoms with Gasteiger partial charge >= 0.3 is 0 Å². The van der Waals surface area contributed by atoms with Crippen molar-refractivity contribution in [3.05, 3.63) is 192 Å². The Morgan fingerprint density at radius 2 is 1.22 bits per heavy atom. The summed E-state index contributed by atoms with van der Waals surface area (Å²) in [5.41, 5.74) is 9.96. The van der Waals surface area contributed by atoms with E-state index in [0.29, 0.717) is 0 Å². The molecule has 0 amide bonds. The molecule has 1 nitrogen and oxygen atoms in total. The van der Waals surface area contributed by atoms with Crippen molar-refractivity contribution in [2.24, 2.45) is 0 Å². The Balaban J connectivity index is 1.03. The topological polar surface area (TPSA) is 13.1 Å². The van der Waals surface area contributed by atoms with Gasteiger partial charge in [-0.2, -0.15) is 0 Å². The van der Waals surface area contributed by atoms with Gasteiger partial charge in [0.1, 0.15) is 11.2 Å². The SMILES string of the molecule is C=C(/C=C\C(=C)c1c2ccccc2c(-c2ccccc2)c2ccccc12)/C(C)=C/C=C1\Cc2c(c3oc4ccccc4c3c3ccccc23)S1. The Morgan fingerprint density at radius 1 is 0.640 bits per heavy atom. The van der Waals surface area contributed by atoms with Crippen LogP contribution in [0.1, 0.15) is 18.1 Å². The quantitative estimate of drug-likeness (QED) is 0.130. The van der Waals surface area contributed by atoms with Crippen LogP contribution in [-0.4, -0.2) is 0 Å². The van der Waals surface area contributed by atoms with Gasteiger partial charge in [-0.15, -0.1) is 0 Å². The van der Waals surface area contributed by atoms with Gasteiger partial charge in [0.05, 0.1) is 4.90 Å². The standard InChI is InChI=1S/C48H34OS/c1-30(25-26-32(3)44-37-19-9-11-21-39(37)45(33-15-5-4-6-16-33)40-22-12-10-20-38(40)44)31(2)27-28-34-29-42-35-17-7-8-18-36(35)46-41-23-13-14-24-43(41)49-47(46)48(42)50-34/h4-28H,1,3,29H2,2H3/b26-25-,31-27+,34-28+. The van der Waals surface area contributed by atoms with E-state index in [0.717, 1.165) is 39.9 Å². The molecule has 50 heavy (non-hydrogen) atoms. The van der Waals surface area contributed by atoms with Gasteiger partial charge in [0.2, 0.25) is 0 Å². The van der Waals surface area contributed by atoms with Crippen molar-refractivity contribution in [2.75, 3.05) is 0 Å². The van der Waals surface area contributed by atoms with Gasteiger partial charge < -0.3 is 4.42 Å². The fourth-order valence-electron chi connectivity index (χ4n) is 7.55. The van der Waals surface area contributed by atoms with E-state index >= 15 is 0 Å². The van der Waals surface area contributed by atoms with Crippen LogP contribution in [0, 0.1) is 0 Å². The molecule has 0 saturated heterocycles. The number of fused-ring (bicyclic) bond motifs is 10. The van der Waals surface area contributed by atoms with Crippen LogP contribution in [0.4, 0.5) is 0 Å². The van der Waals surface area contributed by atoms with Gasteiger partial charge in [0.25, 0.3) is 0 Å². The third-order valence-corrected chi connectivity index (χ3v) is 11.2. The Kier molecular flexibility index (Phi) is 7.41. The first kappa shape index (κ1) is 30.2. The first-order valence-corrected chi connectivity index (χ1v) is 17.8. The molecule has 7 aromatic carbocycles. The van der Waals surface area contributed by atoms with E-state index in [4.69, 9.17) is 4.42 Å². The highest BCUT2D eigenvalue weighted by atomic mass is 32.2. The smallest absolute Gasteiger partial charge is 0.150 e. The van der Waals surface area contributed by atoms with Crippen LogP contribution in [0.3, 0.4) is 0 Å². The Morgan fingerprint density at radius 3 is 1.92 bits per heavy atom. The van der Waals surface area contributed by atoms with Crippen molar-refractivity contribution in [1.82, 2.24) is 0 Å². The Labute approximate surface area is 296 Å². The molecule has 0 radical (unpaired) electrons. The Hall–Kier alpha value is -5.83. The Bertz CT molecular complexity index is 2730. The molecule has 1 aromatic heterocycles. The number of furan rings is 1. The van der Waals surface area contributed by atoms with Crippen LogP contribution in [0.5, 0.6) is 0 Å². The molecule has 1 aliphatic rings. The number of hydrogen-bond donors (Lipinski definition) is 0. The number of rotatable bonds is 6. The second-order valence-corrected chi connectivity index (χ2v) is 14.1. The molecule has 0 N–H and O–H groups in total. The van der Waals surface area contributed by atoms with Crippen molar-refractivity contribution < 1.29 is 4.42 Å². The van der Waals surface area contributed by atoms with E-state index in [2.05, 4.69) is 166 Å². The first-order valence-electron chi connectivity index (χ1n) is 17.0. The molecular formula is C48H34OS. The lowest BCUT2D eigenvalue weighted by Gasteiger charge is -2.17. The average Bonchev–Trinajstić information content (AvgIpc) is 3.78. The van der Waals surface area contributed by atoms with Crippen molar-refractivity contribution in [2.45, 2.75) is 18.2 Å². The van der Waals surface area contributed by atoms with Gasteiger partial charge in [0, 0.05) is 17.2 Å². The molecule has 0 fully saturated rings. The fraction of sp³-hybridized carbons (Fsp3) is 0.0417. The van der Waals surface area contributed by atoms with Gasteiger partial charge in [-0.25, -0.2) is 0 Å². The maximum Gasteiger partial charge on any atom is 0.150 e. The van der Waals surface area contributed by atoms with Crippen LogP contribution in [0.15, 0.2) is 190 Å². The molecular weight excluding hydrogens is 625 g/mol. The summed E-state index contributed by atoms with van der Waals surface area (Å²) in [4.78, 5) is 2.54. The molecule has 0 aliphatic carbocycles. The minimum Gasteiger partial charge on any atom is -0.455 e. The zero-order valence-corrected chi connectivity index (χ0v) is 28.7. The summed E-state index contributed by atoms with van der Waals surface area (Å²) in [5.74, 6) is 0. The average molecular weight is 659 g/mol. The number of para-hydroxylation sites is 1. The van der Waals surface area contributed by atoms with Crippen LogP contribution in [0.25, 0.3) is 71.0 Å². The maximum absolute atomic E-state index is 6.49. The number of hydrogen-bond acceptors (Lipinski definition) is 2. The minimum atomic E-state index is 0.884. The van der Waals surface area contributed by atoms with Gasteiger partial charge in [-0.3, -0.25) is 0 Å². The summed E-state index contributed by atoms with van der Waals surface area (Å²) in [7, 11) is 0. The van der Waals surface area contributed by atoms with E-state index in [9.17, 15) is 0 Å². The molecule has 0 spiro atoms. The number of thioether (sulfide) groups is 1. The minimum absolute atomic E-state index is 0.884. The lowest BCUT2D eigenvalue weighted by Crippen LogP contribution is -1.92.